The van der Waals surface area contributed by atoms with Gasteiger partial charge in [0.05, 0.1) is 13.0 Å². The van der Waals surface area contributed by atoms with Crippen molar-refractivity contribution in [3.05, 3.63) is 21.9 Å². The van der Waals surface area contributed by atoms with Crippen molar-refractivity contribution in [3.8, 4) is 0 Å². The third-order valence-corrected chi connectivity index (χ3v) is 4.04. The Hall–Kier alpha value is -1.07. The molecular weight excluding hydrogens is 262 g/mol. The molecule has 0 aromatic carbocycles. The first kappa shape index (κ1) is 12.4. The molecule has 1 aliphatic heterocycles. The average Bonchev–Trinajstić information content (AvgIpc) is 2.93. The van der Waals surface area contributed by atoms with Crippen LogP contribution in [0.1, 0.15) is 22.8 Å². The number of hydrogen-bond acceptors (Lipinski definition) is 5. The van der Waals surface area contributed by atoms with Crippen molar-refractivity contribution in [2.24, 2.45) is 4.99 Å². The van der Waals surface area contributed by atoms with Gasteiger partial charge in [-0.3, -0.25) is 0 Å². The Labute approximate surface area is 108 Å². The van der Waals surface area contributed by atoms with Crippen molar-refractivity contribution >= 4 is 34.8 Å². The van der Waals surface area contributed by atoms with Crippen LogP contribution in [0.3, 0.4) is 0 Å². The minimum Gasteiger partial charge on any atom is -0.469 e. The standard InChI is InChI=1S/C11H12ClNO3S/c1-6-13-9(11(14)15-2)10(16-6)8-4-3-7(5-12)17-8/h3-4,9-10H,5H2,1-2H3. The summed E-state index contributed by atoms with van der Waals surface area (Å²) >= 11 is 7.28. The van der Waals surface area contributed by atoms with Crippen LogP contribution in [0.4, 0.5) is 0 Å². The molecule has 92 valence electrons. The SMILES string of the molecule is COC(=O)C1N=C(C)OC1c1ccc(CCl)s1. The number of methoxy groups -OCH3 is 1. The highest BCUT2D eigenvalue weighted by molar-refractivity contribution is 7.12. The maximum atomic E-state index is 11.6. The molecule has 1 aromatic rings. The van der Waals surface area contributed by atoms with Gasteiger partial charge in [-0.2, -0.15) is 0 Å². The van der Waals surface area contributed by atoms with Gasteiger partial charge in [-0.1, -0.05) is 0 Å². The van der Waals surface area contributed by atoms with E-state index in [2.05, 4.69) is 4.99 Å². The van der Waals surface area contributed by atoms with Crippen LogP contribution in [0, 0.1) is 0 Å². The summed E-state index contributed by atoms with van der Waals surface area (Å²) in [6, 6.07) is 3.23. The number of alkyl halides is 1. The molecule has 4 nitrogen and oxygen atoms in total. The minimum absolute atomic E-state index is 0.382. The predicted octanol–water partition coefficient (Wildman–Crippen LogP) is 2.52. The first-order chi connectivity index (χ1) is 8.15. The highest BCUT2D eigenvalue weighted by atomic mass is 35.5. The number of hydrogen-bond donors (Lipinski definition) is 0. The molecule has 1 aromatic heterocycles. The summed E-state index contributed by atoms with van der Waals surface area (Å²) in [5, 5.41) is 0. The lowest BCUT2D eigenvalue weighted by atomic mass is 10.1. The predicted molar refractivity (Wildman–Crippen MR) is 66.6 cm³/mol. The summed E-state index contributed by atoms with van der Waals surface area (Å²) in [6.07, 6.45) is -0.385. The van der Waals surface area contributed by atoms with Gasteiger partial charge in [-0.15, -0.1) is 22.9 Å². The number of ether oxygens (including phenoxy) is 2. The fraction of sp³-hybridized carbons (Fsp3) is 0.455. The fourth-order valence-corrected chi connectivity index (χ4v) is 2.85. The van der Waals surface area contributed by atoms with Crippen molar-refractivity contribution in [1.29, 1.82) is 0 Å². The van der Waals surface area contributed by atoms with Crippen molar-refractivity contribution in [2.75, 3.05) is 7.11 Å². The lowest BCUT2D eigenvalue weighted by Crippen LogP contribution is -2.24. The van der Waals surface area contributed by atoms with Crippen LogP contribution in [-0.4, -0.2) is 25.0 Å². The number of aliphatic imine (C=N–C) groups is 1. The number of carbonyl (C=O) groups excluding carboxylic acids is 1. The van der Waals surface area contributed by atoms with Crippen molar-refractivity contribution in [3.63, 3.8) is 0 Å². The van der Waals surface area contributed by atoms with Crippen LogP contribution in [0.2, 0.25) is 0 Å². The van der Waals surface area contributed by atoms with Crippen molar-refractivity contribution < 1.29 is 14.3 Å². The molecule has 17 heavy (non-hydrogen) atoms. The summed E-state index contributed by atoms with van der Waals surface area (Å²) in [4.78, 5) is 17.7. The number of rotatable bonds is 3. The molecular formula is C11H12ClNO3S. The molecule has 2 heterocycles. The zero-order valence-electron chi connectivity index (χ0n) is 9.47. The second-order valence-electron chi connectivity index (χ2n) is 3.59. The molecule has 2 atom stereocenters. The molecule has 0 aliphatic carbocycles. The zero-order chi connectivity index (χ0) is 12.4. The van der Waals surface area contributed by atoms with Crippen LogP contribution in [0.15, 0.2) is 17.1 Å². The third kappa shape index (κ3) is 2.45. The Bertz CT molecular complexity index is 457. The summed E-state index contributed by atoms with van der Waals surface area (Å²) in [6.45, 7) is 1.73. The molecule has 0 saturated carbocycles. The number of carbonyl (C=O) groups is 1. The van der Waals surface area contributed by atoms with Crippen molar-refractivity contribution in [1.82, 2.24) is 0 Å². The highest BCUT2D eigenvalue weighted by Gasteiger charge is 2.37. The zero-order valence-corrected chi connectivity index (χ0v) is 11.0. The number of nitrogens with zero attached hydrogens (tertiary/aromatic N) is 1. The van der Waals surface area contributed by atoms with E-state index in [0.717, 1.165) is 9.75 Å². The van der Waals surface area contributed by atoms with E-state index in [9.17, 15) is 4.79 Å². The molecule has 6 heteroatoms. The van der Waals surface area contributed by atoms with Crippen LogP contribution < -0.4 is 0 Å². The summed E-state index contributed by atoms with van der Waals surface area (Å²) in [7, 11) is 1.35. The molecule has 2 unspecified atom stereocenters. The van der Waals surface area contributed by atoms with Crippen molar-refractivity contribution in [2.45, 2.75) is 24.9 Å². The Balaban J connectivity index is 2.23. The van der Waals surface area contributed by atoms with E-state index in [4.69, 9.17) is 21.1 Å². The smallest absolute Gasteiger partial charge is 0.335 e. The van der Waals surface area contributed by atoms with Gasteiger partial charge < -0.3 is 9.47 Å². The van der Waals surface area contributed by atoms with Gasteiger partial charge >= 0.3 is 5.97 Å². The van der Waals surface area contributed by atoms with E-state index >= 15 is 0 Å². The highest BCUT2D eigenvalue weighted by Crippen LogP contribution is 2.34. The first-order valence-electron chi connectivity index (χ1n) is 5.09. The topological polar surface area (TPSA) is 47.9 Å². The van der Waals surface area contributed by atoms with Gasteiger partial charge in [0.2, 0.25) is 0 Å². The van der Waals surface area contributed by atoms with Gasteiger partial charge in [0, 0.05) is 16.7 Å². The van der Waals surface area contributed by atoms with Gasteiger partial charge in [0.25, 0.3) is 0 Å². The fourth-order valence-electron chi connectivity index (χ4n) is 1.67. The van der Waals surface area contributed by atoms with Crippen LogP contribution >= 0.6 is 22.9 Å². The quantitative estimate of drug-likeness (QED) is 0.628. The number of halogens is 1. The summed E-state index contributed by atoms with van der Waals surface area (Å²) in [5.74, 6) is 0.582. The summed E-state index contributed by atoms with van der Waals surface area (Å²) in [5.41, 5.74) is 0. The van der Waals surface area contributed by atoms with E-state index in [1.54, 1.807) is 6.92 Å². The Kier molecular flexibility index (Phi) is 3.69. The molecule has 0 fully saturated rings. The lowest BCUT2D eigenvalue weighted by Gasteiger charge is -2.13. The maximum absolute atomic E-state index is 11.6. The Morgan fingerprint density at radius 3 is 3.00 bits per heavy atom. The van der Waals surface area contributed by atoms with E-state index in [0.29, 0.717) is 11.8 Å². The number of esters is 1. The molecule has 0 radical (unpaired) electrons. The van der Waals surface area contributed by atoms with Gasteiger partial charge in [-0.05, 0) is 12.1 Å². The molecule has 0 spiro atoms. The van der Waals surface area contributed by atoms with Crippen LogP contribution in [0.25, 0.3) is 0 Å². The molecule has 2 rings (SSSR count). The second kappa shape index (κ2) is 5.06. The number of thiophene rings is 1. The second-order valence-corrected chi connectivity index (χ2v) is 5.06. The van der Waals surface area contributed by atoms with E-state index in [1.165, 1.54) is 18.4 Å². The Morgan fingerprint density at radius 1 is 1.65 bits per heavy atom. The van der Waals surface area contributed by atoms with E-state index in [-0.39, 0.29) is 12.1 Å². The minimum atomic E-state index is -0.609. The van der Waals surface area contributed by atoms with Gasteiger partial charge in [0.15, 0.2) is 18.0 Å². The molecule has 0 bridgehead atoms. The molecule has 0 amide bonds. The van der Waals surface area contributed by atoms with Gasteiger partial charge in [-0.25, -0.2) is 9.79 Å². The lowest BCUT2D eigenvalue weighted by molar-refractivity contribution is -0.143. The molecule has 0 saturated heterocycles. The summed E-state index contributed by atoms with van der Waals surface area (Å²) < 4.78 is 10.3. The molecule has 0 N–H and O–H groups in total. The van der Waals surface area contributed by atoms with Gasteiger partial charge in [0.1, 0.15) is 0 Å². The maximum Gasteiger partial charge on any atom is 0.335 e. The van der Waals surface area contributed by atoms with E-state index < -0.39 is 6.04 Å². The van der Waals surface area contributed by atoms with Crippen LogP contribution in [0.5, 0.6) is 0 Å². The monoisotopic (exact) mass is 273 g/mol. The normalized spacial score (nSPS) is 23.1. The van der Waals surface area contributed by atoms with E-state index in [1.807, 2.05) is 12.1 Å². The first-order valence-corrected chi connectivity index (χ1v) is 6.44. The van der Waals surface area contributed by atoms with Crippen LogP contribution in [-0.2, 0) is 20.1 Å². The Morgan fingerprint density at radius 2 is 2.41 bits per heavy atom. The average molecular weight is 274 g/mol. The third-order valence-electron chi connectivity index (χ3n) is 2.44. The molecule has 1 aliphatic rings. The largest absolute Gasteiger partial charge is 0.469 e.